The first-order chi connectivity index (χ1) is 28.5. The Hall–Kier alpha value is -5.48. The number of benzene rings is 5. The van der Waals surface area contributed by atoms with Gasteiger partial charge in [0.1, 0.15) is 12.4 Å². The zero-order valence-corrected chi connectivity index (χ0v) is 33.1. The van der Waals surface area contributed by atoms with Crippen LogP contribution in [-0.4, -0.2) is 74.9 Å². The second-order valence-corrected chi connectivity index (χ2v) is 15.1. The molecular weight excluding hydrogens is 729 g/mol. The highest BCUT2D eigenvalue weighted by Crippen LogP contribution is 2.54. The van der Waals surface area contributed by atoms with Crippen molar-refractivity contribution in [2.24, 2.45) is 0 Å². The number of carbonyl (C=O) groups is 2. The SMILES string of the molecule is O=C(CCOCCNC(=O)OCC1c2ccccc2-c2ccccc21)NCCCCOc1ccc(-c2ccc3c(c2)C(CCCO)(CCCO)c2ccccc2-3)cc1. The number of aliphatic hydroxyl groups is 2. The summed E-state index contributed by atoms with van der Waals surface area (Å²) in [6.45, 7) is 2.49. The Kier molecular flexibility index (Phi) is 13.9. The van der Waals surface area contributed by atoms with Crippen molar-refractivity contribution in [1.82, 2.24) is 10.6 Å². The molecule has 2 aliphatic carbocycles. The van der Waals surface area contributed by atoms with E-state index in [1.807, 2.05) is 36.4 Å². The van der Waals surface area contributed by atoms with Crippen LogP contribution in [0.1, 0.15) is 73.1 Å². The van der Waals surface area contributed by atoms with Gasteiger partial charge in [-0.1, -0.05) is 97.1 Å². The topological polar surface area (TPSA) is 126 Å². The highest BCUT2D eigenvalue weighted by molar-refractivity contribution is 5.84. The number of fused-ring (bicyclic) bond motifs is 6. The minimum atomic E-state index is -0.487. The molecule has 0 heterocycles. The summed E-state index contributed by atoms with van der Waals surface area (Å²) in [4.78, 5) is 24.7. The molecule has 0 fully saturated rings. The average molecular weight is 783 g/mol. The Labute approximate surface area is 341 Å². The van der Waals surface area contributed by atoms with Crippen molar-refractivity contribution < 1.29 is 34.0 Å². The fourth-order valence-electron chi connectivity index (χ4n) is 8.68. The Bertz CT molecular complexity index is 2100. The predicted octanol–water partition coefficient (Wildman–Crippen LogP) is 8.39. The van der Waals surface area contributed by atoms with Gasteiger partial charge in [-0.3, -0.25) is 4.79 Å². The maximum Gasteiger partial charge on any atom is 0.407 e. The molecule has 7 rings (SSSR count). The van der Waals surface area contributed by atoms with Crippen molar-refractivity contribution in [3.63, 3.8) is 0 Å². The fourth-order valence-corrected chi connectivity index (χ4v) is 8.68. The Morgan fingerprint density at radius 2 is 1.24 bits per heavy atom. The molecule has 9 heteroatoms. The molecule has 0 saturated heterocycles. The first-order valence-electron chi connectivity index (χ1n) is 20.6. The molecule has 0 unspecified atom stereocenters. The number of alkyl carbamates (subject to hydrolysis) is 1. The van der Waals surface area contributed by atoms with Gasteiger partial charge in [0.2, 0.25) is 5.91 Å². The van der Waals surface area contributed by atoms with Crippen molar-refractivity contribution in [3.8, 4) is 39.1 Å². The van der Waals surface area contributed by atoms with Gasteiger partial charge in [0.25, 0.3) is 0 Å². The van der Waals surface area contributed by atoms with E-state index in [4.69, 9.17) is 14.2 Å². The molecule has 0 aliphatic heterocycles. The quantitative estimate of drug-likeness (QED) is 0.0551. The Balaban J connectivity index is 0.767. The Morgan fingerprint density at radius 1 is 0.603 bits per heavy atom. The third kappa shape index (κ3) is 9.28. The standard InChI is InChI=1S/C49H54N2O7/c52-28-9-24-49(25-10-29-53)45-16-6-5-15-42(45)43-22-19-36(33-46(43)49)35-17-20-37(21-18-35)57-30-8-7-26-50-47(54)23-31-56-32-27-51-48(55)58-34-44-40-13-3-1-11-38(40)39-12-2-4-14-41(39)44/h1-6,11-22,33,44,52-53H,7-10,23-32,34H2,(H,50,54)(H,51,55). The van der Waals surface area contributed by atoms with Crippen LogP contribution in [-0.2, 0) is 19.7 Å². The monoisotopic (exact) mass is 782 g/mol. The van der Waals surface area contributed by atoms with E-state index in [0.717, 1.165) is 42.6 Å². The first kappa shape index (κ1) is 40.7. The van der Waals surface area contributed by atoms with Crippen molar-refractivity contribution in [3.05, 3.63) is 138 Å². The third-order valence-corrected chi connectivity index (χ3v) is 11.5. The molecule has 5 aromatic carbocycles. The lowest BCUT2D eigenvalue weighted by Gasteiger charge is -2.32. The Morgan fingerprint density at radius 3 is 1.95 bits per heavy atom. The van der Waals surface area contributed by atoms with Crippen LogP contribution in [0.3, 0.4) is 0 Å². The molecule has 58 heavy (non-hydrogen) atoms. The van der Waals surface area contributed by atoms with Crippen LogP contribution in [0.4, 0.5) is 4.79 Å². The van der Waals surface area contributed by atoms with Gasteiger partial charge in [-0.2, -0.15) is 0 Å². The number of aliphatic hydroxyl groups excluding tert-OH is 2. The highest BCUT2D eigenvalue weighted by Gasteiger charge is 2.42. The molecule has 5 aromatic rings. The van der Waals surface area contributed by atoms with Crippen LogP contribution in [0.2, 0.25) is 0 Å². The van der Waals surface area contributed by atoms with Gasteiger partial charge in [-0.25, -0.2) is 4.79 Å². The molecule has 0 radical (unpaired) electrons. The number of unbranched alkanes of at least 4 members (excludes halogenated alkanes) is 1. The van der Waals surface area contributed by atoms with Gasteiger partial charge in [-0.15, -0.1) is 0 Å². The number of nitrogens with one attached hydrogen (secondary N) is 2. The van der Waals surface area contributed by atoms with E-state index in [-0.39, 0.29) is 56.7 Å². The van der Waals surface area contributed by atoms with E-state index < -0.39 is 6.09 Å². The first-order valence-corrected chi connectivity index (χ1v) is 20.6. The fraction of sp³-hybridized carbons (Fsp3) is 0.347. The second-order valence-electron chi connectivity index (χ2n) is 15.1. The minimum Gasteiger partial charge on any atom is -0.494 e. The van der Waals surface area contributed by atoms with E-state index in [2.05, 4.69) is 89.5 Å². The van der Waals surface area contributed by atoms with E-state index in [0.29, 0.717) is 32.5 Å². The van der Waals surface area contributed by atoms with Gasteiger partial charge >= 0.3 is 6.09 Å². The molecular formula is C49H54N2O7. The molecule has 0 saturated carbocycles. The summed E-state index contributed by atoms with van der Waals surface area (Å²) in [5, 5.41) is 25.2. The van der Waals surface area contributed by atoms with Gasteiger partial charge in [-0.05, 0) is 112 Å². The molecule has 0 atom stereocenters. The van der Waals surface area contributed by atoms with Crippen molar-refractivity contribution in [2.45, 2.75) is 56.3 Å². The van der Waals surface area contributed by atoms with Gasteiger partial charge < -0.3 is 35.1 Å². The van der Waals surface area contributed by atoms with E-state index in [1.54, 1.807) is 0 Å². The van der Waals surface area contributed by atoms with Crippen LogP contribution in [0.5, 0.6) is 5.75 Å². The number of amides is 2. The zero-order chi connectivity index (χ0) is 40.2. The second kappa shape index (κ2) is 19.8. The molecule has 2 aliphatic rings. The number of ether oxygens (including phenoxy) is 3. The average Bonchev–Trinajstić information content (AvgIpc) is 3.73. The van der Waals surface area contributed by atoms with Gasteiger partial charge in [0, 0.05) is 44.1 Å². The lowest BCUT2D eigenvalue weighted by Crippen LogP contribution is -2.30. The van der Waals surface area contributed by atoms with Crippen LogP contribution in [0, 0.1) is 0 Å². The summed E-state index contributed by atoms with van der Waals surface area (Å²) in [5.41, 5.74) is 11.7. The van der Waals surface area contributed by atoms with Crippen LogP contribution in [0.15, 0.2) is 115 Å². The highest BCUT2D eigenvalue weighted by atomic mass is 16.5. The van der Waals surface area contributed by atoms with Crippen molar-refractivity contribution >= 4 is 12.0 Å². The predicted molar refractivity (Wildman–Crippen MR) is 227 cm³/mol. The molecule has 4 N–H and O–H groups in total. The number of rotatable bonds is 21. The smallest absolute Gasteiger partial charge is 0.407 e. The van der Waals surface area contributed by atoms with Gasteiger partial charge in [0.05, 0.1) is 19.8 Å². The van der Waals surface area contributed by atoms with Crippen LogP contribution in [0.25, 0.3) is 33.4 Å². The summed E-state index contributed by atoms with van der Waals surface area (Å²) in [6.07, 6.45) is 4.41. The molecule has 9 nitrogen and oxygen atoms in total. The minimum absolute atomic E-state index is 0.0102. The summed E-state index contributed by atoms with van der Waals surface area (Å²) in [6, 6.07) is 39.9. The lowest BCUT2D eigenvalue weighted by molar-refractivity contribution is -0.122. The van der Waals surface area contributed by atoms with Crippen LogP contribution < -0.4 is 15.4 Å². The summed E-state index contributed by atoms with van der Waals surface area (Å²) < 4.78 is 17.1. The molecule has 0 spiro atoms. The largest absolute Gasteiger partial charge is 0.494 e. The summed E-state index contributed by atoms with van der Waals surface area (Å²) >= 11 is 0. The van der Waals surface area contributed by atoms with Crippen LogP contribution >= 0.6 is 0 Å². The molecule has 0 aromatic heterocycles. The van der Waals surface area contributed by atoms with Gasteiger partial charge in [0.15, 0.2) is 0 Å². The van der Waals surface area contributed by atoms with E-state index in [1.165, 1.54) is 44.5 Å². The molecule has 2 amide bonds. The van der Waals surface area contributed by atoms with E-state index >= 15 is 0 Å². The third-order valence-electron chi connectivity index (χ3n) is 11.5. The number of hydrogen-bond donors (Lipinski definition) is 4. The summed E-state index contributed by atoms with van der Waals surface area (Å²) in [7, 11) is 0. The molecule has 0 bridgehead atoms. The van der Waals surface area contributed by atoms with Crippen molar-refractivity contribution in [1.29, 1.82) is 0 Å². The maximum atomic E-state index is 12.4. The summed E-state index contributed by atoms with van der Waals surface area (Å²) in [5.74, 6) is 0.735. The van der Waals surface area contributed by atoms with Crippen molar-refractivity contribution in [2.75, 3.05) is 52.7 Å². The number of hydrogen-bond acceptors (Lipinski definition) is 7. The number of carbonyl (C=O) groups excluding carboxylic acids is 2. The lowest BCUT2D eigenvalue weighted by atomic mass is 9.71. The van der Waals surface area contributed by atoms with E-state index in [9.17, 15) is 19.8 Å². The zero-order valence-electron chi connectivity index (χ0n) is 33.1. The maximum absolute atomic E-state index is 12.4. The molecule has 302 valence electrons. The normalized spacial score (nSPS) is 13.3.